The molecule has 26 heavy (non-hydrogen) atoms. The third kappa shape index (κ3) is 5.52. The second-order valence-corrected chi connectivity index (χ2v) is 6.02. The number of pyridine rings is 1. The van der Waals surface area contributed by atoms with Gasteiger partial charge in [-0.25, -0.2) is 18.8 Å². The molecule has 1 aliphatic rings. The van der Waals surface area contributed by atoms with Crippen LogP contribution in [0.4, 0.5) is 20.3 Å². The molecule has 1 aliphatic heterocycles. The normalized spacial score (nSPS) is 14.7. The molecule has 0 spiro atoms. The Kier molecular flexibility index (Phi) is 7.55. The van der Waals surface area contributed by atoms with Crippen LogP contribution in [-0.4, -0.2) is 24.0 Å². The fourth-order valence-corrected chi connectivity index (χ4v) is 2.77. The Morgan fingerprint density at radius 1 is 1.15 bits per heavy atom. The number of nitrogens with zero attached hydrogens (tertiary/aromatic N) is 3. The molecule has 0 saturated carbocycles. The molecule has 8 heteroatoms. The average molecular weight is 473 g/mol. The summed E-state index contributed by atoms with van der Waals surface area (Å²) in [6, 6.07) is 7.05. The monoisotopic (exact) mass is 473 g/mol. The Labute approximate surface area is 168 Å². The molecular weight excluding hydrogens is 451 g/mol. The quantitative estimate of drug-likeness (QED) is 0.402. The van der Waals surface area contributed by atoms with E-state index in [1.54, 1.807) is 6.20 Å². The van der Waals surface area contributed by atoms with Crippen LogP contribution in [0.1, 0.15) is 24.8 Å². The van der Waals surface area contributed by atoms with Gasteiger partial charge in [0.2, 0.25) is 0 Å². The van der Waals surface area contributed by atoms with Crippen molar-refractivity contribution in [1.29, 1.82) is 0 Å². The van der Waals surface area contributed by atoms with E-state index in [4.69, 9.17) is 5.73 Å². The molecule has 0 atom stereocenters. The van der Waals surface area contributed by atoms with Gasteiger partial charge in [-0.15, -0.1) is 24.0 Å². The third-order valence-corrected chi connectivity index (χ3v) is 4.11. The molecule has 0 unspecified atom stereocenters. The number of halogens is 3. The molecule has 1 fully saturated rings. The molecule has 0 radical (unpaired) electrons. The van der Waals surface area contributed by atoms with Crippen LogP contribution >= 0.6 is 24.0 Å². The van der Waals surface area contributed by atoms with Crippen molar-refractivity contribution in [1.82, 2.24) is 4.98 Å². The van der Waals surface area contributed by atoms with Crippen LogP contribution in [0.15, 0.2) is 41.5 Å². The molecule has 3 N–H and O–H groups in total. The van der Waals surface area contributed by atoms with Gasteiger partial charge in [0, 0.05) is 25.4 Å². The number of piperidine rings is 1. The second kappa shape index (κ2) is 9.65. The van der Waals surface area contributed by atoms with Gasteiger partial charge in [-0.3, -0.25) is 0 Å². The first-order valence-electron chi connectivity index (χ1n) is 8.34. The average Bonchev–Trinajstić information content (AvgIpc) is 2.64. The summed E-state index contributed by atoms with van der Waals surface area (Å²) < 4.78 is 26.7. The van der Waals surface area contributed by atoms with Crippen LogP contribution in [0.3, 0.4) is 0 Å². The maximum atomic E-state index is 13.6. The van der Waals surface area contributed by atoms with Gasteiger partial charge in [-0.05, 0) is 43.0 Å². The number of benzene rings is 1. The second-order valence-electron chi connectivity index (χ2n) is 6.02. The maximum Gasteiger partial charge on any atom is 0.193 e. The Bertz CT molecular complexity index is 746. The Balaban J connectivity index is 0.00000243. The van der Waals surface area contributed by atoms with E-state index in [0.29, 0.717) is 6.54 Å². The number of rotatable bonds is 4. The number of guanidine groups is 1. The molecule has 1 aromatic carbocycles. The number of nitrogens with two attached hydrogens (primary N) is 1. The summed E-state index contributed by atoms with van der Waals surface area (Å²) in [7, 11) is 0. The van der Waals surface area contributed by atoms with Crippen molar-refractivity contribution in [3.05, 3.63) is 53.7 Å². The zero-order valence-corrected chi connectivity index (χ0v) is 16.6. The van der Waals surface area contributed by atoms with Gasteiger partial charge in [0.25, 0.3) is 0 Å². The number of anilines is 2. The predicted octanol–water partition coefficient (Wildman–Crippen LogP) is 3.89. The SMILES string of the molecule is I.NC(=NCc1ccc(N2CCCCC2)nc1)Nc1cc(F)ccc1F. The third-order valence-electron chi connectivity index (χ3n) is 4.11. The van der Waals surface area contributed by atoms with Gasteiger partial charge < -0.3 is 16.0 Å². The summed E-state index contributed by atoms with van der Waals surface area (Å²) in [6.45, 7) is 2.39. The number of aliphatic imine (C=N–C) groups is 1. The van der Waals surface area contributed by atoms with E-state index in [1.807, 2.05) is 12.1 Å². The summed E-state index contributed by atoms with van der Waals surface area (Å²) in [5, 5.41) is 2.57. The molecule has 3 rings (SSSR count). The standard InChI is InChI=1S/C18H21F2N5.HI/c19-14-5-6-15(20)16(10-14)24-18(21)23-12-13-4-7-17(22-11-13)25-8-2-1-3-9-25;/h4-7,10-11H,1-3,8-9,12H2,(H3,21,23,24);1H. The predicted molar refractivity (Wildman–Crippen MR) is 111 cm³/mol. The number of hydrogen-bond donors (Lipinski definition) is 2. The topological polar surface area (TPSA) is 66.5 Å². The highest BCUT2D eigenvalue weighted by atomic mass is 127. The van der Waals surface area contributed by atoms with E-state index in [0.717, 1.165) is 42.7 Å². The molecule has 1 saturated heterocycles. The lowest BCUT2D eigenvalue weighted by Crippen LogP contribution is -2.30. The molecule has 2 aromatic rings. The highest BCUT2D eigenvalue weighted by molar-refractivity contribution is 14.0. The minimum Gasteiger partial charge on any atom is -0.370 e. The zero-order valence-electron chi connectivity index (χ0n) is 14.3. The molecule has 5 nitrogen and oxygen atoms in total. The maximum absolute atomic E-state index is 13.6. The van der Waals surface area contributed by atoms with Crippen LogP contribution in [0.2, 0.25) is 0 Å². The van der Waals surface area contributed by atoms with Crippen LogP contribution < -0.4 is 16.0 Å². The molecular formula is C18H22F2IN5. The van der Waals surface area contributed by atoms with Gasteiger partial charge in [-0.1, -0.05) is 6.07 Å². The van der Waals surface area contributed by atoms with Gasteiger partial charge >= 0.3 is 0 Å². The molecule has 1 aromatic heterocycles. The van der Waals surface area contributed by atoms with Crippen molar-refractivity contribution in [2.45, 2.75) is 25.8 Å². The van der Waals surface area contributed by atoms with E-state index >= 15 is 0 Å². The number of nitrogens with one attached hydrogen (secondary N) is 1. The van der Waals surface area contributed by atoms with Gasteiger partial charge in [0.05, 0.1) is 12.2 Å². The Hall–Kier alpha value is -1.97. The fraction of sp³-hybridized carbons (Fsp3) is 0.333. The van der Waals surface area contributed by atoms with Crippen molar-refractivity contribution in [3.63, 3.8) is 0 Å². The van der Waals surface area contributed by atoms with Gasteiger partial charge in [-0.2, -0.15) is 0 Å². The van der Waals surface area contributed by atoms with Crippen LogP contribution in [0, 0.1) is 11.6 Å². The highest BCUT2D eigenvalue weighted by Crippen LogP contribution is 2.18. The smallest absolute Gasteiger partial charge is 0.193 e. The minimum atomic E-state index is -0.591. The molecule has 0 bridgehead atoms. The summed E-state index contributed by atoms with van der Waals surface area (Å²) in [4.78, 5) is 10.9. The van der Waals surface area contributed by atoms with E-state index < -0.39 is 11.6 Å². The van der Waals surface area contributed by atoms with E-state index in [1.165, 1.54) is 19.3 Å². The first kappa shape index (κ1) is 20.3. The fourth-order valence-electron chi connectivity index (χ4n) is 2.77. The Morgan fingerprint density at radius 3 is 2.62 bits per heavy atom. The minimum absolute atomic E-state index is 0. The summed E-state index contributed by atoms with van der Waals surface area (Å²) in [6.07, 6.45) is 5.45. The first-order valence-corrected chi connectivity index (χ1v) is 8.34. The van der Waals surface area contributed by atoms with Crippen molar-refractivity contribution in [2.24, 2.45) is 10.7 Å². The van der Waals surface area contributed by atoms with Crippen molar-refractivity contribution in [2.75, 3.05) is 23.3 Å². The van der Waals surface area contributed by atoms with E-state index in [2.05, 4.69) is 20.2 Å². The number of aromatic nitrogens is 1. The van der Waals surface area contributed by atoms with Crippen LogP contribution in [-0.2, 0) is 6.54 Å². The van der Waals surface area contributed by atoms with Crippen molar-refractivity contribution in [3.8, 4) is 0 Å². The van der Waals surface area contributed by atoms with E-state index in [9.17, 15) is 8.78 Å². The Morgan fingerprint density at radius 2 is 1.92 bits per heavy atom. The van der Waals surface area contributed by atoms with E-state index in [-0.39, 0.29) is 35.6 Å². The zero-order chi connectivity index (χ0) is 17.6. The first-order chi connectivity index (χ1) is 12.1. The molecule has 140 valence electrons. The molecule has 0 amide bonds. The summed E-state index contributed by atoms with van der Waals surface area (Å²) >= 11 is 0. The lowest BCUT2D eigenvalue weighted by molar-refractivity contribution is 0.573. The summed E-state index contributed by atoms with van der Waals surface area (Å²) in [5.41, 5.74) is 6.59. The lowest BCUT2D eigenvalue weighted by atomic mass is 10.1. The van der Waals surface area contributed by atoms with Crippen molar-refractivity contribution < 1.29 is 8.78 Å². The van der Waals surface area contributed by atoms with Crippen molar-refractivity contribution >= 4 is 41.4 Å². The number of hydrogen-bond acceptors (Lipinski definition) is 3. The molecule has 2 heterocycles. The van der Waals surface area contributed by atoms with Gasteiger partial charge in [0.1, 0.15) is 17.5 Å². The molecule has 0 aliphatic carbocycles. The summed E-state index contributed by atoms with van der Waals surface area (Å²) in [5.74, 6) is -0.147. The van der Waals surface area contributed by atoms with Crippen LogP contribution in [0.25, 0.3) is 0 Å². The van der Waals surface area contributed by atoms with Crippen LogP contribution in [0.5, 0.6) is 0 Å². The largest absolute Gasteiger partial charge is 0.370 e. The highest BCUT2D eigenvalue weighted by Gasteiger charge is 2.11. The van der Waals surface area contributed by atoms with Gasteiger partial charge in [0.15, 0.2) is 5.96 Å². The lowest BCUT2D eigenvalue weighted by Gasteiger charge is -2.27.